The molecular formula is C17H25ClN2O. The molecule has 3 nitrogen and oxygen atoms in total. The first-order chi connectivity index (χ1) is 9.74. The molecule has 1 spiro atoms. The summed E-state index contributed by atoms with van der Waals surface area (Å²) in [5.74, 6) is 0.234. The van der Waals surface area contributed by atoms with Crippen LogP contribution in [0.3, 0.4) is 0 Å². The second kappa shape index (κ2) is 6.80. The fourth-order valence-corrected chi connectivity index (χ4v) is 3.68. The third-order valence-electron chi connectivity index (χ3n) is 5.02. The number of rotatable bonds is 2. The maximum atomic E-state index is 12.8. The van der Waals surface area contributed by atoms with Crippen molar-refractivity contribution in [3.05, 3.63) is 35.4 Å². The van der Waals surface area contributed by atoms with Gasteiger partial charge < -0.3 is 10.2 Å². The summed E-state index contributed by atoms with van der Waals surface area (Å²) < 4.78 is 0. The lowest BCUT2D eigenvalue weighted by Crippen LogP contribution is -2.39. The maximum absolute atomic E-state index is 12.8. The molecule has 2 fully saturated rings. The van der Waals surface area contributed by atoms with Crippen molar-refractivity contribution >= 4 is 18.3 Å². The molecule has 1 N–H and O–H groups in total. The van der Waals surface area contributed by atoms with Crippen molar-refractivity contribution in [2.24, 2.45) is 5.41 Å². The van der Waals surface area contributed by atoms with Crippen molar-refractivity contribution in [3.8, 4) is 0 Å². The second-order valence-corrected chi connectivity index (χ2v) is 6.24. The topological polar surface area (TPSA) is 32.3 Å². The standard InChI is InChI=1S/C17H24N2O.ClH/c1-2-14-5-3-4-6-15(14)16(20)19-12-9-17(13-19)7-10-18-11-8-17;/h3-6,18H,2,7-13H2,1H3;1H. The highest BCUT2D eigenvalue weighted by molar-refractivity contribution is 5.95. The normalized spacial score (nSPS) is 20.3. The molecule has 21 heavy (non-hydrogen) atoms. The van der Waals surface area contributed by atoms with E-state index < -0.39 is 0 Å². The van der Waals surface area contributed by atoms with Gasteiger partial charge in [0, 0.05) is 18.7 Å². The van der Waals surface area contributed by atoms with Crippen molar-refractivity contribution in [2.45, 2.75) is 32.6 Å². The number of piperidine rings is 1. The number of hydrogen-bond acceptors (Lipinski definition) is 2. The van der Waals surface area contributed by atoms with Gasteiger partial charge in [0.25, 0.3) is 5.91 Å². The number of aryl methyl sites for hydroxylation is 1. The first-order valence-corrected chi connectivity index (χ1v) is 7.82. The fourth-order valence-electron chi connectivity index (χ4n) is 3.68. The van der Waals surface area contributed by atoms with Crippen LogP contribution in [0.25, 0.3) is 0 Å². The van der Waals surface area contributed by atoms with E-state index in [1.165, 1.54) is 24.8 Å². The second-order valence-electron chi connectivity index (χ2n) is 6.24. The number of likely N-dealkylation sites (tertiary alicyclic amines) is 1. The molecule has 2 saturated heterocycles. The number of nitrogens with zero attached hydrogens (tertiary/aromatic N) is 1. The average Bonchev–Trinajstić information content (AvgIpc) is 2.91. The van der Waals surface area contributed by atoms with E-state index in [9.17, 15) is 4.79 Å². The van der Waals surface area contributed by atoms with E-state index in [1.807, 2.05) is 18.2 Å². The Labute approximate surface area is 133 Å². The van der Waals surface area contributed by atoms with E-state index in [4.69, 9.17) is 0 Å². The Kier molecular flexibility index (Phi) is 5.28. The number of carbonyl (C=O) groups is 1. The zero-order valence-corrected chi connectivity index (χ0v) is 13.5. The summed E-state index contributed by atoms with van der Waals surface area (Å²) in [6.45, 7) is 6.20. The summed E-state index contributed by atoms with van der Waals surface area (Å²) in [5.41, 5.74) is 2.46. The van der Waals surface area contributed by atoms with Crippen LogP contribution in [0, 0.1) is 5.41 Å². The van der Waals surface area contributed by atoms with Crippen LogP contribution in [-0.4, -0.2) is 37.0 Å². The first kappa shape index (κ1) is 16.3. The molecule has 1 aromatic rings. The van der Waals surface area contributed by atoms with Crippen molar-refractivity contribution in [1.82, 2.24) is 10.2 Å². The van der Waals surface area contributed by atoms with Crippen LogP contribution in [0.4, 0.5) is 0 Å². The quantitative estimate of drug-likeness (QED) is 0.911. The maximum Gasteiger partial charge on any atom is 0.254 e. The molecule has 4 heteroatoms. The first-order valence-electron chi connectivity index (χ1n) is 7.82. The van der Waals surface area contributed by atoms with Gasteiger partial charge >= 0.3 is 0 Å². The van der Waals surface area contributed by atoms with E-state index in [0.717, 1.165) is 38.2 Å². The van der Waals surface area contributed by atoms with E-state index in [-0.39, 0.29) is 18.3 Å². The molecule has 0 radical (unpaired) electrons. The molecule has 0 saturated carbocycles. The molecule has 0 atom stereocenters. The lowest BCUT2D eigenvalue weighted by Gasteiger charge is -2.33. The lowest BCUT2D eigenvalue weighted by atomic mass is 9.78. The van der Waals surface area contributed by atoms with Gasteiger partial charge in [-0.05, 0) is 55.8 Å². The Bertz CT molecular complexity index is 497. The van der Waals surface area contributed by atoms with E-state index in [2.05, 4.69) is 23.2 Å². The zero-order chi connectivity index (χ0) is 14.0. The minimum atomic E-state index is 0. The highest BCUT2D eigenvalue weighted by Gasteiger charge is 2.40. The molecule has 0 aliphatic carbocycles. The number of halogens is 1. The van der Waals surface area contributed by atoms with Gasteiger partial charge in [0.2, 0.25) is 0 Å². The van der Waals surface area contributed by atoms with Crippen LogP contribution < -0.4 is 5.32 Å². The molecule has 3 rings (SSSR count). The van der Waals surface area contributed by atoms with Crippen LogP contribution in [0.5, 0.6) is 0 Å². The van der Waals surface area contributed by atoms with Gasteiger partial charge in [0.05, 0.1) is 0 Å². The predicted molar refractivity (Wildman–Crippen MR) is 88.1 cm³/mol. The van der Waals surface area contributed by atoms with Crippen molar-refractivity contribution in [2.75, 3.05) is 26.2 Å². The van der Waals surface area contributed by atoms with E-state index in [0.29, 0.717) is 5.41 Å². The van der Waals surface area contributed by atoms with Crippen LogP contribution in [-0.2, 0) is 6.42 Å². The molecule has 2 heterocycles. The van der Waals surface area contributed by atoms with E-state index >= 15 is 0 Å². The minimum Gasteiger partial charge on any atom is -0.338 e. The number of hydrogen-bond donors (Lipinski definition) is 1. The molecule has 116 valence electrons. The Morgan fingerprint density at radius 2 is 1.95 bits per heavy atom. The third kappa shape index (κ3) is 3.24. The summed E-state index contributed by atoms with van der Waals surface area (Å²) >= 11 is 0. The molecular weight excluding hydrogens is 284 g/mol. The molecule has 0 bridgehead atoms. The third-order valence-corrected chi connectivity index (χ3v) is 5.02. The largest absolute Gasteiger partial charge is 0.338 e. The fraction of sp³-hybridized carbons (Fsp3) is 0.588. The Hall–Kier alpha value is -1.06. The van der Waals surface area contributed by atoms with Gasteiger partial charge in [-0.3, -0.25) is 4.79 Å². The number of benzene rings is 1. The molecule has 1 amide bonds. The molecule has 2 aliphatic heterocycles. The number of carbonyl (C=O) groups excluding carboxylic acids is 1. The predicted octanol–water partition coefficient (Wildman–Crippen LogP) is 2.89. The SMILES string of the molecule is CCc1ccccc1C(=O)N1CCC2(CCNCC2)C1.Cl. The molecule has 2 aliphatic rings. The Morgan fingerprint density at radius 1 is 1.24 bits per heavy atom. The molecule has 1 aromatic carbocycles. The summed E-state index contributed by atoms with van der Waals surface area (Å²) in [5, 5.41) is 3.43. The van der Waals surface area contributed by atoms with Crippen LogP contribution in [0.2, 0.25) is 0 Å². The molecule has 0 aromatic heterocycles. The van der Waals surface area contributed by atoms with Gasteiger partial charge in [0.15, 0.2) is 0 Å². The van der Waals surface area contributed by atoms with Gasteiger partial charge in [-0.15, -0.1) is 12.4 Å². The Balaban J connectivity index is 0.00000161. The smallest absolute Gasteiger partial charge is 0.254 e. The summed E-state index contributed by atoms with van der Waals surface area (Å²) in [6.07, 6.45) is 4.53. The summed E-state index contributed by atoms with van der Waals surface area (Å²) in [7, 11) is 0. The highest BCUT2D eigenvalue weighted by Crippen LogP contribution is 2.39. The van der Waals surface area contributed by atoms with Crippen LogP contribution in [0.1, 0.15) is 42.1 Å². The lowest BCUT2D eigenvalue weighted by molar-refractivity contribution is 0.0761. The van der Waals surface area contributed by atoms with Gasteiger partial charge in [-0.25, -0.2) is 0 Å². The highest BCUT2D eigenvalue weighted by atomic mass is 35.5. The van der Waals surface area contributed by atoms with Crippen LogP contribution >= 0.6 is 12.4 Å². The number of nitrogens with one attached hydrogen (secondary N) is 1. The number of amides is 1. The Morgan fingerprint density at radius 3 is 2.67 bits per heavy atom. The van der Waals surface area contributed by atoms with Crippen molar-refractivity contribution in [3.63, 3.8) is 0 Å². The van der Waals surface area contributed by atoms with Gasteiger partial charge in [-0.1, -0.05) is 25.1 Å². The molecule has 0 unspecified atom stereocenters. The van der Waals surface area contributed by atoms with Crippen molar-refractivity contribution in [1.29, 1.82) is 0 Å². The van der Waals surface area contributed by atoms with Gasteiger partial charge in [-0.2, -0.15) is 0 Å². The van der Waals surface area contributed by atoms with Crippen molar-refractivity contribution < 1.29 is 4.79 Å². The van der Waals surface area contributed by atoms with Crippen LogP contribution in [0.15, 0.2) is 24.3 Å². The van der Waals surface area contributed by atoms with Gasteiger partial charge in [0.1, 0.15) is 0 Å². The monoisotopic (exact) mass is 308 g/mol. The zero-order valence-electron chi connectivity index (χ0n) is 12.7. The summed E-state index contributed by atoms with van der Waals surface area (Å²) in [4.78, 5) is 14.8. The summed E-state index contributed by atoms with van der Waals surface area (Å²) in [6, 6.07) is 8.05. The van der Waals surface area contributed by atoms with E-state index in [1.54, 1.807) is 0 Å². The minimum absolute atomic E-state index is 0. The average molecular weight is 309 g/mol.